The molecule has 0 saturated heterocycles. The molecule has 1 aromatic heterocycles. The molecule has 1 fully saturated rings. The summed E-state index contributed by atoms with van der Waals surface area (Å²) in [4.78, 5) is 14.3. The van der Waals surface area contributed by atoms with E-state index >= 15 is 0 Å². The molecule has 5 heteroatoms. The Labute approximate surface area is 126 Å². The van der Waals surface area contributed by atoms with Crippen molar-refractivity contribution in [2.24, 2.45) is 0 Å². The first-order chi connectivity index (χ1) is 9.86. The van der Waals surface area contributed by atoms with Crippen molar-refractivity contribution in [3.05, 3.63) is 17.5 Å². The van der Waals surface area contributed by atoms with Crippen molar-refractivity contribution in [2.45, 2.75) is 64.5 Å². The van der Waals surface area contributed by atoms with Crippen molar-refractivity contribution in [3.63, 3.8) is 0 Å². The number of amides is 1. The van der Waals surface area contributed by atoms with Crippen LogP contribution in [-0.4, -0.2) is 44.9 Å². The van der Waals surface area contributed by atoms with Crippen LogP contribution in [-0.2, 0) is 6.54 Å². The highest BCUT2D eigenvalue weighted by atomic mass is 16.3. The molecule has 0 aliphatic heterocycles. The van der Waals surface area contributed by atoms with Gasteiger partial charge in [-0.2, -0.15) is 5.10 Å². The molecule has 1 heterocycles. The van der Waals surface area contributed by atoms with Crippen LogP contribution in [0.2, 0.25) is 0 Å². The number of carbonyl (C=O) groups is 1. The van der Waals surface area contributed by atoms with Gasteiger partial charge in [-0.25, -0.2) is 0 Å². The first-order valence-corrected chi connectivity index (χ1v) is 7.92. The van der Waals surface area contributed by atoms with Crippen LogP contribution >= 0.6 is 0 Å². The van der Waals surface area contributed by atoms with E-state index in [1.165, 1.54) is 0 Å². The van der Waals surface area contributed by atoms with Crippen LogP contribution in [0.15, 0.2) is 6.07 Å². The maximum atomic E-state index is 12.6. The van der Waals surface area contributed by atoms with Crippen LogP contribution in [0, 0.1) is 0 Å². The van der Waals surface area contributed by atoms with Gasteiger partial charge in [0.15, 0.2) is 0 Å². The normalized spacial score (nSPS) is 17.4. The van der Waals surface area contributed by atoms with Crippen molar-refractivity contribution >= 4 is 5.91 Å². The van der Waals surface area contributed by atoms with Gasteiger partial charge in [0.2, 0.25) is 0 Å². The third-order valence-corrected chi connectivity index (χ3v) is 4.32. The van der Waals surface area contributed by atoms with Gasteiger partial charge in [-0.05, 0) is 31.7 Å². The highest BCUT2D eigenvalue weighted by Crippen LogP contribution is 2.30. The summed E-state index contributed by atoms with van der Waals surface area (Å²) in [5.41, 5.74) is 0.848. The topological polar surface area (TPSA) is 58.4 Å². The molecule has 1 aliphatic carbocycles. The third-order valence-electron chi connectivity index (χ3n) is 4.32. The fourth-order valence-electron chi connectivity index (χ4n) is 3.03. The van der Waals surface area contributed by atoms with Crippen LogP contribution in [0.3, 0.4) is 0 Å². The van der Waals surface area contributed by atoms with Gasteiger partial charge in [-0.1, -0.05) is 26.7 Å². The average Bonchev–Trinajstić information content (AvgIpc) is 3.04. The molecule has 5 nitrogen and oxygen atoms in total. The number of aromatic nitrogens is 2. The maximum Gasteiger partial charge on any atom is 0.271 e. The van der Waals surface area contributed by atoms with Crippen molar-refractivity contribution in [1.82, 2.24) is 14.7 Å². The Kier molecular flexibility index (Phi) is 4.71. The molecule has 0 unspecified atom stereocenters. The largest absolute Gasteiger partial charge is 0.388 e. The standard InChI is InChI=1S/C16H27N3O2/c1-5-19-14(10-13(17-19)12(2)3)15(20)18(4)11-16(21)8-6-7-9-16/h10,12,21H,5-9,11H2,1-4H3. The SMILES string of the molecule is CCn1nc(C(C)C)cc1C(=O)N(C)CC1(O)CCCC1. The zero-order valence-corrected chi connectivity index (χ0v) is 13.6. The predicted molar refractivity (Wildman–Crippen MR) is 82.4 cm³/mol. The number of aryl methyl sites for hydroxylation is 1. The summed E-state index contributed by atoms with van der Waals surface area (Å²) in [5.74, 6) is 0.241. The van der Waals surface area contributed by atoms with Gasteiger partial charge in [0, 0.05) is 20.1 Å². The summed E-state index contributed by atoms with van der Waals surface area (Å²) in [6.45, 7) is 7.20. The van der Waals surface area contributed by atoms with E-state index in [4.69, 9.17) is 0 Å². The second kappa shape index (κ2) is 6.18. The van der Waals surface area contributed by atoms with Gasteiger partial charge < -0.3 is 10.0 Å². The average molecular weight is 293 g/mol. The quantitative estimate of drug-likeness (QED) is 0.907. The van der Waals surface area contributed by atoms with Crippen LogP contribution < -0.4 is 0 Å². The van der Waals surface area contributed by atoms with Gasteiger partial charge in [-0.15, -0.1) is 0 Å². The van der Waals surface area contributed by atoms with E-state index in [-0.39, 0.29) is 5.91 Å². The van der Waals surface area contributed by atoms with Crippen molar-refractivity contribution in [1.29, 1.82) is 0 Å². The zero-order chi connectivity index (χ0) is 15.6. The van der Waals surface area contributed by atoms with Crippen LogP contribution in [0.4, 0.5) is 0 Å². The molecule has 2 rings (SSSR count). The molecule has 0 radical (unpaired) electrons. The second-order valence-corrected chi connectivity index (χ2v) is 6.52. The number of hydrogen-bond donors (Lipinski definition) is 1. The second-order valence-electron chi connectivity index (χ2n) is 6.52. The van der Waals surface area contributed by atoms with Crippen molar-refractivity contribution in [2.75, 3.05) is 13.6 Å². The number of carbonyl (C=O) groups excluding carboxylic acids is 1. The lowest BCUT2D eigenvalue weighted by atomic mass is 10.0. The lowest BCUT2D eigenvalue weighted by Crippen LogP contribution is -2.42. The van der Waals surface area contributed by atoms with E-state index < -0.39 is 5.60 Å². The number of nitrogens with zero attached hydrogens (tertiary/aromatic N) is 3. The van der Waals surface area contributed by atoms with Gasteiger partial charge in [-0.3, -0.25) is 9.48 Å². The fraction of sp³-hybridized carbons (Fsp3) is 0.750. The molecule has 1 aliphatic rings. The summed E-state index contributed by atoms with van der Waals surface area (Å²) in [6.07, 6.45) is 3.66. The molecule has 1 N–H and O–H groups in total. The molecular formula is C16H27N3O2. The third kappa shape index (κ3) is 3.46. The Morgan fingerprint density at radius 2 is 2.10 bits per heavy atom. The van der Waals surface area contributed by atoms with Gasteiger partial charge in [0.05, 0.1) is 11.3 Å². The first-order valence-electron chi connectivity index (χ1n) is 7.92. The molecule has 118 valence electrons. The van der Waals surface area contributed by atoms with E-state index in [2.05, 4.69) is 18.9 Å². The molecule has 1 aromatic rings. The molecule has 0 atom stereocenters. The van der Waals surface area contributed by atoms with E-state index in [9.17, 15) is 9.90 Å². The molecule has 1 saturated carbocycles. The smallest absolute Gasteiger partial charge is 0.271 e. The molecule has 0 spiro atoms. The van der Waals surface area contributed by atoms with Crippen molar-refractivity contribution in [3.8, 4) is 0 Å². The minimum atomic E-state index is -0.706. The Hall–Kier alpha value is -1.36. The lowest BCUT2D eigenvalue weighted by Gasteiger charge is -2.28. The first kappa shape index (κ1) is 16.0. The zero-order valence-electron chi connectivity index (χ0n) is 13.6. The summed E-state index contributed by atoms with van der Waals surface area (Å²) >= 11 is 0. The van der Waals surface area contributed by atoms with Gasteiger partial charge in [0.25, 0.3) is 5.91 Å². The number of hydrogen-bond acceptors (Lipinski definition) is 3. The monoisotopic (exact) mass is 293 g/mol. The highest BCUT2D eigenvalue weighted by molar-refractivity contribution is 5.92. The summed E-state index contributed by atoms with van der Waals surface area (Å²) in [7, 11) is 1.76. The number of likely N-dealkylation sites (N-methyl/N-ethyl adjacent to an activating group) is 1. The van der Waals surface area contributed by atoms with E-state index in [0.717, 1.165) is 31.4 Å². The highest BCUT2D eigenvalue weighted by Gasteiger charge is 2.34. The molecular weight excluding hydrogens is 266 g/mol. The minimum absolute atomic E-state index is 0.0587. The van der Waals surface area contributed by atoms with E-state index in [1.54, 1.807) is 16.6 Å². The summed E-state index contributed by atoms with van der Waals surface area (Å²) < 4.78 is 1.76. The lowest BCUT2D eigenvalue weighted by molar-refractivity contribution is 0.0152. The molecule has 21 heavy (non-hydrogen) atoms. The Bertz CT molecular complexity index is 502. The van der Waals surface area contributed by atoms with Crippen LogP contribution in [0.1, 0.15) is 68.6 Å². The molecule has 0 bridgehead atoms. The Morgan fingerprint density at radius 1 is 1.48 bits per heavy atom. The predicted octanol–water partition coefficient (Wildman–Crippen LogP) is 2.40. The Balaban J connectivity index is 2.15. The van der Waals surface area contributed by atoms with Crippen molar-refractivity contribution < 1.29 is 9.90 Å². The number of aliphatic hydroxyl groups is 1. The van der Waals surface area contributed by atoms with Gasteiger partial charge in [0.1, 0.15) is 5.69 Å². The molecule has 1 amide bonds. The fourth-order valence-corrected chi connectivity index (χ4v) is 3.03. The van der Waals surface area contributed by atoms with Crippen LogP contribution in [0.25, 0.3) is 0 Å². The van der Waals surface area contributed by atoms with Crippen LogP contribution in [0.5, 0.6) is 0 Å². The number of rotatable bonds is 5. The Morgan fingerprint density at radius 3 is 2.62 bits per heavy atom. The van der Waals surface area contributed by atoms with E-state index in [1.807, 2.05) is 13.0 Å². The molecule has 0 aromatic carbocycles. The maximum absolute atomic E-state index is 12.6. The van der Waals surface area contributed by atoms with Gasteiger partial charge >= 0.3 is 0 Å². The minimum Gasteiger partial charge on any atom is -0.388 e. The van der Waals surface area contributed by atoms with E-state index in [0.29, 0.717) is 24.7 Å². The summed E-state index contributed by atoms with van der Waals surface area (Å²) in [6, 6.07) is 1.88. The summed E-state index contributed by atoms with van der Waals surface area (Å²) in [5, 5.41) is 14.9.